The summed E-state index contributed by atoms with van der Waals surface area (Å²) < 4.78 is 6.38. The first-order valence-electron chi connectivity index (χ1n) is 8.48. The first-order chi connectivity index (χ1) is 13.7. The second kappa shape index (κ2) is 7.65. The van der Waals surface area contributed by atoms with Crippen LogP contribution in [0.3, 0.4) is 0 Å². The molecule has 3 aromatic rings. The van der Waals surface area contributed by atoms with Gasteiger partial charge >= 0.3 is 5.97 Å². The lowest BCUT2D eigenvalue weighted by Gasteiger charge is -2.33. The van der Waals surface area contributed by atoms with Gasteiger partial charge in [-0.1, -0.05) is 40.9 Å². The fourth-order valence-corrected chi connectivity index (χ4v) is 4.88. The number of hydrogen-bond donors (Lipinski definition) is 1. The Kier molecular flexibility index (Phi) is 5.33. The number of aliphatic carboxylic acids is 1. The van der Waals surface area contributed by atoms with Gasteiger partial charge in [0.15, 0.2) is 6.10 Å². The third kappa shape index (κ3) is 3.75. The summed E-state index contributed by atoms with van der Waals surface area (Å²) >= 11 is 19.8. The van der Waals surface area contributed by atoms with E-state index in [0.717, 1.165) is 10.3 Å². The maximum absolute atomic E-state index is 13.0. The number of carboxylic acid groups (broad SMARTS) is 1. The molecule has 1 aromatic heterocycles. The molecule has 10 heteroatoms. The number of fused-ring (bicyclic) bond motifs is 2. The third-order valence-electron chi connectivity index (χ3n) is 4.44. The van der Waals surface area contributed by atoms with Gasteiger partial charge in [-0.3, -0.25) is 14.5 Å². The minimum atomic E-state index is -1.12. The summed E-state index contributed by atoms with van der Waals surface area (Å²) in [5.74, 6) is -1.10. The predicted octanol–water partition coefficient (Wildman–Crippen LogP) is 5.33. The van der Waals surface area contributed by atoms with Crippen LogP contribution in [0.2, 0.25) is 15.1 Å². The summed E-state index contributed by atoms with van der Waals surface area (Å²) in [5.41, 5.74) is 2.01. The first kappa shape index (κ1) is 20.2. The van der Waals surface area contributed by atoms with Crippen LogP contribution in [0, 0.1) is 6.92 Å². The van der Waals surface area contributed by atoms with Crippen LogP contribution in [-0.4, -0.2) is 28.1 Å². The molecular formula is C19H13Cl3N2O4S. The first-order valence-corrected chi connectivity index (χ1v) is 10.4. The Morgan fingerprint density at radius 2 is 2.03 bits per heavy atom. The van der Waals surface area contributed by atoms with Gasteiger partial charge in [0, 0.05) is 0 Å². The van der Waals surface area contributed by atoms with Crippen LogP contribution < -0.4 is 9.64 Å². The number of aromatic nitrogens is 1. The summed E-state index contributed by atoms with van der Waals surface area (Å²) in [4.78, 5) is 30.1. The number of halogens is 3. The Balaban J connectivity index is 1.75. The molecule has 2 heterocycles. The van der Waals surface area contributed by atoms with Crippen LogP contribution in [0.4, 0.5) is 5.69 Å². The number of hydrogen-bond acceptors (Lipinski definition) is 5. The van der Waals surface area contributed by atoms with Crippen molar-refractivity contribution in [2.45, 2.75) is 26.0 Å². The van der Waals surface area contributed by atoms with E-state index in [4.69, 9.17) is 44.6 Å². The molecule has 4 rings (SSSR count). The summed E-state index contributed by atoms with van der Waals surface area (Å²) in [6.45, 7) is 2.04. The zero-order chi connectivity index (χ0) is 20.9. The minimum Gasteiger partial charge on any atom is -0.481 e. The normalized spacial score (nSPS) is 16.1. The van der Waals surface area contributed by atoms with Crippen LogP contribution in [0.5, 0.6) is 5.75 Å². The van der Waals surface area contributed by atoms with Gasteiger partial charge in [0.25, 0.3) is 5.91 Å². The molecule has 6 nitrogen and oxygen atoms in total. The molecule has 0 saturated heterocycles. The Bertz CT molecular complexity index is 1160. The average Bonchev–Trinajstić information content (AvgIpc) is 3.06. The molecule has 2 aromatic carbocycles. The summed E-state index contributed by atoms with van der Waals surface area (Å²) in [5, 5.41) is 10.5. The molecule has 0 fully saturated rings. The molecule has 0 aliphatic carbocycles. The second-order valence-corrected chi connectivity index (χ2v) is 8.82. The van der Waals surface area contributed by atoms with E-state index in [1.54, 1.807) is 12.1 Å². The van der Waals surface area contributed by atoms with E-state index in [-0.39, 0.29) is 16.6 Å². The molecule has 1 unspecified atom stereocenters. The Morgan fingerprint density at radius 1 is 1.28 bits per heavy atom. The lowest BCUT2D eigenvalue weighted by molar-refractivity contribution is -0.142. The van der Waals surface area contributed by atoms with Crippen molar-refractivity contribution < 1.29 is 19.4 Å². The number of aryl methyl sites for hydroxylation is 1. The molecule has 0 saturated carbocycles. The molecule has 1 aliphatic heterocycles. The predicted molar refractivity (Wildman–Crippen MR) is 114 cm³/mol. The average molecular weight is 472 g/mol. The van der Waals surface area contributed by atoms with E-state index >= 15 is 0 Å². The van der Waals surface area contributed by atoms with Gasteiger partial charge in [-0.15, -0.1) is 11.3 Å². The maximum Gasteiger partial charge on any atom is 0.307 e. The zero-order valence-corrected chi connectivity index (χ0v) is 18.0. The van der Waals surface area contributed by atoms with E-state index in [9.17, 15) is 9.59 Å². The van der Waals surface area contributed by atoms with Gasteiger partial charge in [-0.2, -0.15) is 0 Å². The van der Waals surface area contributed by atoms with E-state index in [1.807, 2.05) is 19.1 Å². The number of nitrogens with zero attached hydrogens (tertiary/aromatic N) is 2. The molecule has 150 valence electrons. The van der Waals surface area contributed by atoms with Crippen molar-refractivity contribution in [3.05, 3.63) is 49.9 Å². The highest BCUT2D eigenvalue weighted by Gasteiger charge is 2.36. The van der Waals surface area contributed by atoms with E-state index < -0.39 is 24.4 Å². The van der Waals surface area contributed by atoms with Gasteiger partial charge in [-0.05, 0) is 30.7 Å². The Hall–Kier alpha value is -2.06. The molecule has 1 atom stereocenters. The number of amides is 1. The number of rotatable bonds is 4. The minimum absolute atomic E-state index is 0.139. The van der Waals surface area contributed by atoms with Gasteiger partial charge in [0.05, 0.1) is 38.4 Å². The fourth-order valence-electron chi connectivity index (χ4n) is 3.11. The SMILES string of the molecule is Cc1ccc2c(c1)N(Cc1nc3c(Cl)c(Cl)c(Cl)cc3s1)C(=O)C(CC(=O)O)O2. The number of benzene rings is 2. The van der Waals surface area contributed by atoms with Crippen molar-refractivity contribution >= 4 is 73.9 Å². The monoisotopic (exact) mass is 470 g/mol. The molecule has 1 amide bonds. The highest BCUT2D eigenvalue weighted by atomic mass is 35.5. The number of thiazole rings is 1. The summed E-state index contributed by atoms with van der Waals surface area (Å²) in [6, 6.07) is 7.07. The van der Waals surface area contributed by atoms with Crippen molar-refractivity contribution in [1.82, 2.24) is 4.98 Å². The lowest BCUT2D eigenvalue weighted by Crippen LogP contribution is -2.46. The Labute approximate surface area is 184 Å². The maximum atomic E-state index is 13.0. The molecular weight excluding hydrogens is 459 g/mol. The number of carboxylic acids is 1. The second-order valence-electron chi connectivity index (χ2n) is 6.54. The van der Waals surface area contributed by atoms with Gasteiger partial charge in [0.2, 0.25) is 0 Å². The van der Waals surface area contributed by atoms with Crippen LogP contribution in [0.15, 0.2) is 24.3 Å². The van der Waals surface area contributed by atoms with E-state index in [0.29, 0.717) is 27.0 Å². The smallest absolute Gasteiger partial charge is 0.307 e. The van der Waals surface area contributed by atoms with Gasteiger partial charge < -0.3 is 9.84 Å². The zero-order valence-electron chi connectivity index (χ0n) is 14.9. The standard InChI is InChI=1S/C19H13Cl3N2O4S/c1-8-2-3-11-10(4-8)24(19(27)12(28-11)6-15(25)26)7-14-23-18-13(29-14)5-9(20)16(21)17(18)22/h2-5,12H,6-7H2,1H3,(H,25,26). The van der Waals surface area contributed by atoms with Crippen molar-refractivity contribution in [2.75, 3.05) is 4.90 Å². The molecule has 1 aliphatic rings. The summed E-state index contributed by atoms with van der Waals surface area (Å²) in [7, 11) is 0. The molecule has 1 N–H and O–H groups in total. The highest BCUT2D eigenvalue weighted by Crippen LogP contribution is 2.41. The van der Waals surface area contributed by atoms with Crippen molar-refractivity contribution in [1.29, 1.82) is 0 Å². The Morgan fingerprint density at radius 3 is 2.76 bits per heavy atom. The lowest BCUT2D eigenvalue weighted by atomic mass is 10.1. The third-order valence-corrected chi connectivity index (χ3v) is 6.67. The van der Waals surface area contributed by atoms with Crippen LogP contribution >= 0.6 is 46.1 Å². The topological polar surface area (TPSA) is 79.7 Å². The van der Waals surface area contributed by atoms with E-state index in [1.165, 1.54) is 16.2 Å². The van der Waals surface area contributed by atoms with Crippen LogP contribution in [0.25, 0.3) is 10.2 Å². The molecule has 0 spiro atoms. The van der Waals surface area contributed by atoms with Crippen molar-refractivity contribution in [3.8, 4) is 5.75 Å². The largest absolute Gasteiger partial charge is 0.481 e. The van der Waals surface area contributed by atoms with Crippen LogP contribution in [0.1, 0.15) is 17.0 Å². The number of ether oxygens (including phenoxy) is 1. The number of carbonyl (C=O) groups is 2. The highest BCUT2D eigenvalue weighted by molar-refractivity contribution is 7.18. The van der Waals surface area contributed by atoms with Crippen molar-refractivity contribution in [2.24, 2.45) is 0 Å². The van der Waals surface area contributed by atoms with Crippen LogP contribution in [-0.2, 0) is 16.1 Å². The quantitative estimate of drug-likeness (QED) is 0.520. The number of carbonyl (C=O) groups excluding carboxylic acids is 1. The molecule has 0 bridgehead atoms. The van der Waals surface area contributed by atoms with E-state index in [2.05, 4.69) is 4.98 Å². The molecule has 29 heavy (non-hydrogen) atoms. The number of anilines is 1. The fraction of sp³-hybridized carbons (Fsp3) is 0.211. The molecule has 0 radical (unpaired) electrons. The van der Waals surface area contributed by atoms with Gasteiger partial charge in [-0.25, -0.2) is 4.98 Å². The van der Waals surface area contributed by atoms with Gasteiger partial charge in [0.1, 0.15) is 16.3 Å². The van der Waals surface area contributed by atoms with Crippen molar-refractivity contribution in [3.63, 3.8) is 0 Å². The summed E-state index contributed by atoms with van der Waals surface area (Å²) in [6.07, 6.45) is -1.54.